The van der Waals surface area contributed by atoms with Crippen molar-refractivity contribution in [3.8, 4) is 0 Å². The van der Waals surface area contributed by atoms with Crippen molar-refractivity contribution < 1.29 is 19.4 Å². The molecule has 1 heterocycles. The van der Waals surface area contributed by atoms with Gasteiger partial charge in [0.1, 0.15) is 18.6 Å². The number of alkyl carbamates (subject to hydrolysis) is 1. The molecule has 0 bridgehead atoms. The van der Waals surface area contributed by atoms with E-state index in [9.17, 15) is 14.7 Å². The highest BCUT2D eigenvalue weighted by molar-refractivity contribution is 5.79. The fraction of sp³-hybridized carbons (Fsp3) is 0.379. The van der Waals surface area contributed by atoms with Crippen LogP contribution in [0, 0.1) is 0 Å². The van der Waals surface area contributed by atoms with Gasteiger partial charge in [-0.15, -0.1) is 0 Å². The Hall–Kier alpha value is -3.26. The van der Waals surface area contributed by atoms with E-state index in [1.54, 1.807) is 24.3 Å². The smallest absolute Gasteiger partial charge is 0.411 e. The molecule has 0 aromatic heterocycles. The van der Waals surface area contributed by atoms with Crippen LogP contribution in [0.1, 0.15) is 53.4 Å². The molecule has 1 saturated heterocycles. The van der Waals surface area contributed by atoms with Gasteiger partial charge in [-0.25, -0.2) is 4.79 Å². The molecule has 2 aliphatic rings. The number of benzene rings is 2. The molecule has 190 valence electrons. The number of carbonyl (C=O) groups is 2. The Morgan fingerprint density at radius 1 is 1.17 bits per heavy atom. The fourth-order valence-corrected chi connectivity index (χ4v) is 4.68. The second-order valence-corrected chi connectivity index (χ2v) is 9.41. The maximum Gasteiger partial charge on any atom is 0.411 e. The second-order valence-electron chi connectivity index (χ2n) is 9.41. The highest BCUT2D eigenvalue weighted by Gasteiger charge is 2.24. The van der Waals surface area contributed by atoms with E-state index in [0.717, 1.165) is 74.0 Å². The average Bonchev–Trinajstić information content (AvgIpc) is 2.93. The Bertz CT molecular complexity index is 1070. The van der Waals surface area contributed by atoms with E-state index < -0.39 is 12.3 Å². The average molecular weight is 490 g/mol. The first-order valence-electron chi connectivity index (χ1n) is 12.6. The number of nitrogens with one attached hydrogen (secondary N) is 1. The van der Waals surface area contributed by atoms with Crippen LogP contribution in [-0.2, 0) is 4.74 Å². The van der Waals surface area contributed by atoms with Crippen molar-refractivity contribution >= 4 is 18.0 Å². The van der Waals surface area contributed by atoms with Crippen LogP contribution in [0.15, 0.2) is 72.4 Å². The molecular formula is C29H35N3O4. The van der Waals surface area contributed by atoms with Crippen LogP contribution in [0.4, 0.5) is 4.79 Å². The molecule has 2 N–H and O–H groups in total. The van der Waals surface area contributed by atoms with Crippen LogP contribution in [0.3, 0.4) is 0 Å². The summed E-state index contributed by atoms with van der Waals surface area (Å²) < 4.78 is 5.75. The summed E-state index contributed by atoms with van der Waals surface area (Å²) >= 11 is 0. The number of hydrogen-bond donors (Lipinski definition) is 2. The van der Waals surface area contributed by atoms with Gasteiger partial charge in [-0.2, -0.15) is 0 Å². The lowest BCUT2D eigenvalue weighted by Crippen LogP contribution is -2.42. The van der Waals surface area contributed by atoms with Gasteiger partial charge in [0.05, 0.1) is 0 Å². The maximum atomic E-state index is 12.6. The van der Waals surface area contributed by atoms with E-state index >= 15 is 0 Å². The van der Waals surface area contributed by atoms with Crippen molar-refractivity contribution in [2.24, 2.45) is 0 Å². The Kier molecular flexibility index (Phi) is 9.06. The van der Waals surface area contributed by atoms with Gasteiger partial charge < -0.3 is 14.7 Å². The van der Waals surface area contributed by atoms with E-state index in [1.807, 2.05) is 36.2 Å². The SMILES string of the molecule is CN(CCN1CCC(OC(=O)NC2=C(c3ccccc3)CCC=C2)CC1)C(O)c1ccc(C=O)cc1. The number of aliphatic hydroxyl groups is 1. The molecular weight excluding hydrogens is 454 g/mol. The molecule has 1 unspecified atom stereocenters. The molecule has 1 fully saturated rings. The lowest BCUT2D eigenvalue weighted by Gasteiger charge is -2.33. The van der Waals surface area contributed by atoms with Gasteiger partial charge in [-0.05, 0) is 55.5 Å². The normalized spacial score (nSPS) is 17.8. The lowest BCUT2D eigenvalue weighted by atomic mass is 9.95. The number of hydrogen-bond acceptors (Lipinski definition) is 6. The quantitative estimate of drug-likeness (QED) is 0.402. The van der Waals surface area contributed by atoms with Gasteiger partial charge in [-0.1, -0.05) is 60.7 Å². The summed E-state index contributed by atoms with van der Waals surface area (Å²) in [6, 6.07) is 17.1. The van der Waals surface area contributed by atoms with E-state index in [1.165, 1.54) is 0 Å². The standard InChI is InChI=1S/C29H35N3O4/c1-31(28(34)24-13-11-22(21-33)12-14-24)19-20-32-17-15-25(16-18-32)36-29(35)30-27-10-6-5-9-26(27)23-7-3-2-4-8-23/h2-4,6-8,10-14,21,25,28,34H,5,9,15-20H2,1H3,(H,30,35). The number of aliphatic hydroxyl groups excluding tert-OH is 1. The molecule has 1 aliphatic heterocycles. The molecule has 2 aromatic carbocycles. The van der Waals surface area contributed by atoms with Crippen LogP contribution < -0.4 is 5.32 Å². The molecule has 36 heavy (non-hydrogen) atoms. The first kappa shape index (κ1) is 25.8. The first-order chi connectivity index (χ1) is 17.5. The Morgan fingerprint density at radius 3 is 2.58 bits per heavy atom. The van der Waals surface area contributed by atoms with E-state index in [0.29, 0.717) is 12.1 Å². The highest BCUT2D eigenvalue weighted by atomic mass is 16.6. The summed E-state index contributed by atoms with van der Waals surface area (Å²) in [6.07, 6.45) is 7.04. The minimum absolute atomic E-state index is 0.103. The van der Waals surface area contributed by atoms with Crippen LogP contribution in [0.2, 0.25) is 0 Å². The molecule has 1 aliphatic carbocycles. The monoisotopic (exact) mass is 489 g/mol. The van der Waals surface area contributed by atoms with Gasteiger partial charge >= 0.3 is 6.09 Å². The summed E-state index contributed by atoms with van der Waals surface area (Å²) in [5, 5.41) is 13.6. The first-order valence-corrected chi connectivity index (χ1v) is 12.6. The van der Waals surface area contributed by atoms with Crippen molar-refractivity contribution in [3.63, 3.8) is 0 Å². The third-order valence-corrected chi connectivity index (χ3v) is 6.90. The van der Waals surface area contributed by atoms with Gasteiger partial charge in [0.25, 0.3) is 0 Å². The van der Waals surface area contributed by atoms with E-state index in [4.69, 9.17) is 4.74 Å². The van der Waals surface area contributed by atoms with Crippen molar-refractivity contribution in [2.45, 2.75) is 38.0 Å². The maximum absolute atomic E-state index is 12.6. The number of likely N-dealkylation sites (tertiary alicyclic amines) is 1. The van der Waals surface area contributed by atoms with Gasteiger partial charge in [0, 0.05) is 37.4 Å². The summed E-state index contributed by atoms with van der Waals surface area (Å²) in [5.41, 5.74) is 4.43. The largest absolute Gasteiger partial charge is 0.446 e. The van der Waals surface area contributed by atoms with Crippen molar-refractivity contribution in [1.29, 1.82) is 0 Å². The molecule has 7 heteroatoms. The lowest BCUT2D eigenvalue weighted by molar-refractivity contribution is 0.00738. The van der Waals surface area contributed by atoms with Gasteiger partial charge in [0.2, 0.25) is 0 Å². The van der Waals surface area contributed by atoms with Crippen molar-refractivity contribution in [3.05, 3.63) is 89.1 Å². The van der Waals surface area contributed by atoms with Crippen LogP contribution >= 0.6 is 0 Å². The number of piperidine rings is 1. The second kappa shape index (κ2) is 12.6. The Balaban J connectivity index is 1.21. The summed E-state index contributed by atoms with van der Waals surface area (Å²) in [4.78, 5) is 27.7. The predicted molar refractivity (Wildman–Crippen MR) is 140 cm³/mol. The fourth-order valence-electron chi connectivity index (χ4n) is 4.68. The third-order valence-electron chi connectivity index (χ3n) is 6.90. The van der Waals surface area contributed by atoms with Crippen molar-refractivity contribution in [1.82, 2.24) is 15.1 Å². The summed E-state index contributed by atoms with van der Waals surface area (Å²) in [7, 11) is 1.89. The summed E-state index contributed by atoms with van der Waals surface area (Å²) in [5.74, 6) is 0. The molecule has 1 atom stereocenters. The van der Waals surface area contributed by atoms with Crippen LogP contribution in [-0.4, -0.2) is 66.6 Å². The Labute approximate surface area is 213 Å². The van der Waals surface area contributed by atoms with Gasteiger partial charge in [0.15, 0.2) is 0 Å². The van der Waals surface area contributed by atoms with Crippen LogP contribution in [0.5, 0.6) is 0 Å². The number of amides is 1. The molecule has 7 nitrogen and oxygen atoms in total. The Morgan fingerprint density at radius 2 is 1.89 bits per heavy atom. The van der Waals surface area contributed by atoms with E-state index in [2.05, 4.69) is 28.4 Å². The number of nitrogens with zero attached hydrogens (tertiary/aromatic N) is 2. The summed E-state index contributed by atoms with van der Waals surface area (Å²) in [6.45, 7) is 3.20. The topological polar surface area (TPSA) is 82.1 Å². The number of ether oxygens (including phenoxy) is 1. The molecule has 4 rings (SSSR count). The molecule has 1 amide bonds. The van der Waals surface area contributed by atoms with E-state index in [-0.39, 0.29) is 6.10 Å². The van der Waals surface area contributed by atoms with Gasteiger partial charge in [-0.3, -0.25) is 15.0 Å². The predicted octanol–water partition coefficient (Wildman–Crippen LogP) is 4.37. The molecule has 0 spiro atoms. The third kappa shape index (κ3) is 6.91. The minimum atomic E-state index is -0.723. The number of carbonyl (C=O) groups excluding carboxylic acids is 2. The zero-order valence-electron chi connectivity index (χ0n) is 20.8. The minimum Gasteiger partial charge on any atom is -0.446 e. The number of aldehydes is 1. The number of allylic oxidation sites excluding steroid dienone is 3. The zero-order chi connectivity index (χ0) is 25.3. The number of rotatable bonds is 9. The zero-order valence-corrected chi connectivity index (χ0v) is 20.8. The highest BCUT2D eigenvalue weighted by Crippen LogP contribution is 2.27. The van der Waals surface area contributed by atoms with Crippen LogP contribution in [0.25, 0.3) is 5.57 Å². The molecule has 0 saturated carbocycles. The van der Waals surface area contributed by atoms with Crippen molar-refractivity contribution in [2.75, 3.05) is 33.2 Å². The number of likely N-dealkylation sites (N-methyl/N-ethyl adjacent to an activating group) is 1. The molecule has 2 aromatic rings. The molecule has 0 radical (unpaired) electrons.